The van der Waals surface area contributed by atoms with Crippen molar-refractivity contribution < 1.29 is 23.9 Å². The Morgan fingerprint density at radius 3 is 2.81 bits per heavy atom. The van der Waals surface area contributed by atoms with E-state index in [2.05, 4.69) is 24.5 Å². The van der Waals surface area contributed by atoms with Gasteiger partial charge in [0.15, 0.2) is 0 Å². The number of amides is 3. The van der Waals surface area contributed by atoms with Gasteiger partial charge in [-0.1, -0.05) is 56.5 Å². The molecule has 0 unspecified atom stereocenters. The van der Waals surface area contributed by atoms with Crippen molar-refractivity contribution >= 4 is 35.0 Å². The molecule has 4 aliphatic rings. The summed E-state index contributed by atoms with van der Waals surface area (Å²) in [5, 5.41) is 6.67. The van der Waals surface area contributed by atoms with Crippen LogP contribution in [0.25, 0.3) is 0 Å². The number of ether oxygens (including phenoxy) is 2. The zero-order valence-corrected chi connectivity index (χ0v) is 22.4. The number of carbonyl (C=O) groups is 3. The predicted octanol–water partition coefficient (Wildman–Crippen LogP) is 3.41. The van der Waals surface area contributed by atoms with Crippen LogP contribution in [0.4, 0.5) is 5.69 Å². The molecule has 1 aliphatic carbocycles. The first-order valence-corrected chi connectivity index (χ1v) is 13.7. The monoisotopic (exact) mass is 529 g/mol. The van der Waals surface area contributed by atoms with Gasteiger partial charge in [-0.05, 0) is 42.9 Å². The lowest BCUT2D eigenvalue weighted by atomic mass is 9.73. The fourth-order valence-electron chi connectivity index (χ4n) is 6.73. The lowest BCUT2D eigenvalue weighted by Crippen LogP contribution is -2.58. The Hall–Kier alpha value is -2.42. The minimum atomic E-state index is -1.17. The van der Waals surface area contributed by atoms with Crippen LogP contribution in [0.5, 0.6) is 0 Å². The number of halogens is 1. The number of fused-ring (bicyclic) bond motifs is 1. The van der Waals surface area contributed by atoms with E-state index in [9.17, 15) is 14.4 Å². The molecule has 2 saturated heterocycles. The molecule has 9 heteroatoms. The molecule has 8 atom stereocenters. The standard InChI is InChI=1S/C28H36ClN3O5/c1-16-7-4-10-20(17(16)2)31-26(34)24-28-12-11-21(37-28)22(23(28)27(35)32(24)13-6-14-36-3)25(33)30-19-9-5-8-18(29)15-19/h5,8-9,11-12,15-17,20-24H,4,6-7,10,13-14H2,1-3H3,(H,30,33)(H,31,34)/t16-,17-,20-,21-,22-,23-,24+,28+/m1/s1. The Morgan fingerprint density at radius 1 is 1.24 bits per heavy atom. The SMILES string of the molecule is COCCCN1C(=O)[C@H]2[C@H](C(=O)Nc3cccc(Cl)c3)[C@H]3C=C[C@@]2(O3)[C@@H]1C(=O)N[C@@H]1CCC[C@@H](C)[C@H]1C. The molecule has 200 valence electrons. The minimum Gasteiger partial charge on any atom is -0.385 e. The summed E-state index contributed by atoms with van der Waals surface area (Å²) in [6.45, 7) is 5.22. The van der Waals surface area contributed by atoms with Crippen LogP contribution < -0.4 is 10.6 Å². The van der Waals surface area contributed by atoms with E-state index in [1.807, 2.05) is 12.2 Å². The van der Waals surface area contributed by atoms with Crippen LogP contribution in [0.1, 0.15) is 39.5 Å². The third-order valence-corrected chi connectivity index (χ3v) is 9.03. The molecule has 3 amide bonds. The number of benzene rings is 1. The summed E-state index contributed by atoms with van der Waals surface area (Å²) in [6, 6.07) is 6.10. The van der Waals surface area contributed by atoms with Crippen LogP contribution >= 0.6 is 11.6 Å². The maximum absolute atomic E-state index is 13.9. The van der Waals surface area contributed by atoms with Crippen molar-refractivity contribution in [1.82, 2.24) is 10.2 Å². The Morgan fingerprint density at radius 2 is 2.05 bits per heavy atom. The van der Waals surface area contributed by atoms with Crippen LogP contribution in [-0.2, 0) is 23.9 Å². The van der Waals surface area contributed by atoms with Crippen LogP contribution in [-0.4, -0.2) is 66.7 Å². The lowest BCUT2D eigenvalue weighted by molar-refractivity contribution is -0.141. The summed E-state index contributed by atoms with van der Waals surface area (Å²) >= 11 is 6.09. The van der Waals surface area contributed by atoms with Crippen molar-refractivity contribution in [3.63, 3.8) is 0 Å². The maximum atomic E-state index is 13.9. The number of nitrogens with one attached hydrogen (secondary N) is 2. The number of nitrogens with zero attached hydrogens (tertiary/aromatic N) is 1. The summed E-state index contributed by atoms with van der Waals surface area (Å²) in [5.41, 5.74) is -0.617. The van der Waals surface area contributed by atoms with E-state index in [1.54, 1.807) is 36.3 Å². The van der Waals surface area contributed by atoms with Crippen LogP contribution in [0.2, 0.25) is 5.02 Å². The second-order valence-corrected chi connectivity index (χ2v) is 11.4. The summed E-state index contributed by atoms with van der Waals surface area (Å²) in [5.74, 6) is -1.40. The third kappa shape index (κ3) is 4.57. The summed E-state index contributed by atoms with van der Waals surface area (Å²) in [6.07, 6.45) is 6.82. The van der Waals surface area contributed by atoms with Gasteiger partial charge in [-0.25, -0.2) is 0 Å². The average molecular weight is 530 g/mol. The Kier molecular flexibility index (Phi) is 7.35. The second kappa shape index (κ2) is 10.4. The van der Waals surface area contributed by atoms with E-state index in [1.165, 1.54) is 0 Å². The number of anilines is 1. The molecule has 3 aliphatic heterocycles. The van der Waals surface area contributed by atoms with Crippen molar-refractivity contribution in [3.05, 3.63) is 41.4 Å². The van der Waals surface area contributed by atoms with Gasteiger partial charge >= 0.3 is 0 Å². The molecule has 3 heterocycles. The number of hydrogen-bond acceptors (Lipinski definition) is 5. The Balaban J connectivity index is 1.42. The molecule has 0 radical (unpaired) electrons. The fraction of sp³-hybridized carbons (Fsp3) is 0.607. The molecule has 1 spiro atoms. The topological polar surface area (TPSA) is 97.0 Å². The number of rotatable bonds is 8. The average Bonchev–Trinajstić information content (AvgIpc) is 3.50. The van der Waals surface area contributed by atoms with Crippen molar-refractivity contribution in [3.8, 4) is 0 Å². The number of methoxy groups -OCH3 is 1. The predicted molar refractivity (Wildman–Crippen MR) is 140 cm³/mol. The van der Waals surface area contributed by atoms with E-state index >= 15 is 0 Å². The van der Waals surface area contributed by atoms with E-state index in [4.69, 9.17) is 21.1 Å². The first kappa shape index (κ1) is 26.2. The number of likely N-dealkylation sites (tertiary alicyclic amines) is 1. The van der Waals surface area contributed by atoms with Crippen molar-refractivity contribution in [2.45, 2.75) is 63.3 Å². The van der Waals surface area contributed by atoms with Gasteiger partial charge in [0, 0.05) is 37.0 Å². The first-order chi connectivity index (χ1) is 17.8. The van der Waals surface area contributed by atoms with Crippen molar-refractivity contribution in [1.29, 1.82) is 0 Å². The smallest absolute Gasteiger partial charge is 0.246 e. The molecule has 2 bridgehead atoms. The van der Waals surface area contributed by atoms with Crippen LogP contribution in [0, 0.1) is 23.7 Å². The third-order valence-electron chi connectivity index (χ3n) is 8.80. The maximum Gasteiger partial charge on any atom is 0.246 e. The van der Waals surface area contributed by atoms with Gasteiger partial charge in [-0.3, -0.25) is 14.4 Å². The summed E-state index contributed by atoms with van der Waals surface area (Å²) < 4.78 is 11.6. The molecule has 3 fully saturated rings. The molecular formula is C28H36ClN3O5. The minimum absolute atomic E-state index is 0.0483. The quantitative estimate of drug-likeness (QED) is 0.397. The highest BCUT2D eigenvalue weighted by molar-refractivity contribution is 6.30. The highest BCUT2D eigenvalue weighted by atomic mass is 35.5. The van der Waals surface area contributed by atoms with Gasteiger partial charge in [0.25, 0.3) is 0 Å². The van der Waals surface area contributed by atoms with Gasteiger partial charge in [0.2, 0.25) is 17.7 Å². The molecule has 1 aromatic rings. The van der Waals surface area contributed by atoms with Gasteiger partial charge in [-0.2, -0.15) is 0 Å². The second-order valence-electron chi connectivity index (χ2n) is 11.0. The van der Waals surface area contributed by atoms with E-state index in [-0.39, 0.29) is 23.8 Å². The molecular weight excluding hydrogens is 494 g/mol. The molecule has 8 nitrogen and oxygen atoms in total. The van der Waals surface area contributed by atoms with E-state index in [0.29, 0.717) is 42.1 Å². The van der Waals surface area contributed by atoms with Gasteiger partial charge in [0.05, 0.1) is 17.9 Å². The van der Waals surface area contributed by atoms with Crippen LogP contribution in [0.15, 0.2) is 36.4 Å². The van der Waals surface area contributed by atoms with E-state index in [0.717, 1.165) is 19.3 Å². The highest BCUT2D eigenvalue weighted by Crippen LogP contribution is 2.55. The first-order valence-electron chi connectivity index (χ1n) is 13.3. The molecule has 5 rings (SSSR count). The van der Waals surface area contributed by atoms with Gasteiger partial charge in [0.1, 0.15) is 11.6 Å². The highest BCUT2D eigenvalue weighted by Gasteiger charge is 2.72. The summed E-state index contributed by atoms with van der Waals surface area (Å²) in [7, 11) is 1.61. The van der Waals surface area contributed by atoms with Crippen molar-refractivity contribution in [2.75, 3.05) is 25.6 Å². The molecule has 37 heavy (non-hydrogen) atoms. The van der Waals surface area contributed by atoms with E-state index < -0.39 is 29.6 Å². The largest absolute Gasteiger partial charge is 0.385 e. The van der Waals surface area contributed by atoms with Gasteiger partial charge < -0.3 is 25.0 Å². The Bertz CT molecular complexity index is 1100. The molecule has 1 aromatic carbocycles. The Labute approximate surface area is 223 Å². The lowest BCUT2D eigenvalue weighted by Gasteiger charge is -2.38. The van der Waals surface area contributed by atoms with Gasteiger partial charge in [-0.15, -0.1) is 0 Å². The number of hydrogen-bond donors (Lipinski definition) is 2. The molecule has 2 N–H and O–H groups in total. The normalized spacial score (nSPS) is 36.1. The fourth-order valence-corrected chi connectivity index (χ4v) is 6.92. The summed E-state index contributed by atoms with van der Waals surface area (Å²) in [4.78, 5) is 42.9. The zero-order chi connectivity index (χ0) is 26.3. The molecule has 0 aromatic heterocycles. The van der Waals surface area contributed by atoms with Crippen LogP contribution in [0.3, 0.4) is 0 Å². The molecule has 1 saturated carbocycles. The zero-order valence-electron chi connectivity index (χ0n) is 21.6. The van der Waals surface area contributed by atoms with Crippen molar-refractivity contribution in [2.24, 2.45) is 23.7 Å². The number of carbonyl (C=O) groups excluding carboxylic acids is 3.